The summed E-state index contributed by atoms with van der Waals surface area (Å²) in [5.74, 6) is -0.945. The van der Waals surface area contributed by atoms with Crippen LogP contribution in [0.15, 0.2) is 22.9 Å². The number of hydrogen-bond donors (Lipinski definition) is 2. The highest BCUT2D eigenvalue weighted by Crippen LogP contribution is 2.36. The number of nitrogens with zero attached hydrogens (tertiary/aromatic N) is 2. The van der Waals surface area contributed by atoms with Crippen LogP contribution < -0.4 is 5.32 Å². The fourth-order valence-electron chi connectivity index (χ4n) is 1.88. The second kappa shape index (κ2) is 6.65. The molecule has 0 spiro atoms. The first-order valence-corrected chi connectivity index (χ1v) is 7.35. The molecule has 0 saturated carbocycles. The maximum atomic E-state index is 12.8. The number of amides is 1. The molecule has 1 amide bonds. The van der Waals surface area contributed by atoms with E-state index >= 15 is 0 Å². The topological polar surface area (TPSA) is 70.7 Å². The Hall–Kier alpha value is -2.11. The molecule has 2 N–H and O–H groups in total. The van der Waals surface area contributed by atoms with Crippen molar-refractivity contribution in [2.24, 2.45) is 0 Å². The Morgan fingerprint density at radius 3 is 2.04 bits per heavy atom. The van der Waals surface area contributed by atoms with Crippen molar-refractivity contribution in [2.75, 3.05) is 0 Å². The monoisotopic (exact) mass is 430 g/mol. The van der Waals surface area contributed by atoms with Gasteiger partial charge in [0.1, 0.15) is 5.82 Å². The Bertz CT molecular complexity index is 753. The van der Waals surface area contributed by atoms with Gasteiger partial charge in [-0.3, -0.25) is 9.89 Å². The maximum Gasteiger partial charge on any atom is 0.416 e. The number of benzene rings is 1. The van der Waals surface area contributed by atoms with Gasteiger partial charge in [0, 0.05) is 5.56 Å². The third kappa shape index (κ3) is 4.71. The molecule has 1 heterocycles. The van der Waals surface area contributed by atoms with Gasteiger partial charge in [0.25, 0.3) is 5.91 Å². The minimum absolute atomic E-state index is 0.0478. The number of carbonyl (C=O) groups excluding carboxylic acids is 1. The van der Waals surface area contributed by atoms with E-state index < -0.39 is 41.0 Å². The van der Waals surface area contributed by atoms with E-state index in [-0.39, 0.29) is 16.6 Å². The summed E-state index contributed by atoms with van der Waals surface area (Å²) in [4.78, 5) is 15.9. The van der Waals surface area contributed by atoms with Crippen LogP contribution in [-0.2, 0) is 12.4 Å². The van der Waals surface area contributed by atoms with Crippen molar-refractivity contribution >= 4 is 21.8 Å². The molecule has 0 bridgehead atoms. The van der Waals surface area contributed by atoms with Gasteiger partial charge < -0.3 is 5.32 Å². The van der Waals surface area contributed by atoms with Gasteiger partial charge in [0.05, 0.1) is 17.2 Å². The number of rotatable bonds is 3. The highest BCUT2D eigenvalue weighted by molar-refractivity contribution is 9.10. The van der Waals surface area contributed by atoms with E-state index in [1.807, 2.05) is 0 Å². The Morgan fingerprint density at radius 2 is 1.64 bits per heavy atom. The summed E-state index contributed by atoms with van der Waals surface area (Å²) in [5, 5.41) is 8.35. The van der Waals surface area contributed by atoms with Gasteiger partial charge in [-0.1, -0.05) is 0 Å². The number of aromatic nitrogens is 3. The third-order valence-electron chi connectivity index (χ3n) is 3.08. The summed E-state index contributed by atoms with van der Waals surface area (Å²) >= 11 is 2.96. The van der Waals surface area contributed by atoms with Crippen molar-refractivity contribution in [2.45, 2.75) is 25.3 Å². The molecule has 0 aliphatic heterocycles. The second-order valence-corrected chi connectivity index (χ2v) is 5.69. The Balaban J connectivity index is 2.35. The summed E-state index contributed by atoms with van der Waals surface area (Å²) in [7, 11) is 0. The van der Waals surface area contributed by atoms with Crippen LogP contribution in [0, 0.1) is 0 Å². The number of alkyl halides is 6. The zero-order chi connectivity index (χ0) is 19.0. The van der Waals surface area contributed by atoms with Gasteiger partial charge in [-0.2, -0.15) is 26.3 Å². The Labute approximate surface area is 145 Å². The molecule has 0 fully saturated rings. The van der Waals surface area contributed by atoms with E-state index in [0.29, 0.717) is 12.1 Å². The molecule has 1 aromatic heterocycles. The minimum Gasteiger partial charge on any atom is -0.342 e. The average Bonchev–Trinajstić information content (AvgIpc) is 2.91. The van der Waals surface area contributed by atoms with E-state index in [1.54, 1.807) is 0 Å². The van der Waals surface area contributed by atoms with Crippen LogP contribution in [0.5, 0.6) is 0 Å². The SMILES string of the molecule is CC(NC(=O)c1cc(C(F)(F)F)cc(C(F)(F)F)c1)c1nc(Br)n[nH]1. The van der Waals surface area contributed by atoms with E-state index in [1.165, 1.54) is 6.92 Å². The Morgan fingerprint density at radius 1 is 1.12 bits per heavy atom. The van der Waals surface area contributed by atoms with Crippen molar-refractivity contribution in [1.29, 1.82) is 0 Å². The molecule has 0 aliphatic rings. The smallest absolute Gasteiger partial charge is 0.342 e. The lowest BCUT2D eigenvalue weighted by Crippen LogP contribution is -2.28. The van der Waals surface area contributed by atoms with E-state index in [9.17, 15) is 31.1 Å². The number of H-pyrrole nitrogens is 1. The molecule has 0 saturated heterocycles. The number of halogens is 7. The van der Waals surface area contributed by atoms with Crippen LogP contribution >= 0.6 is 15.9 Å². The molecular formula is C13H9BrF6N4O. The summed E-state index contributed by atoms with van der Waals surface area (Å²) < 4.78 is 77.0. The van der Waals surface area contributed by atoms with Crippen LogP contribution in [0.25, 0.3) is 0 Å². The standard InChI is InChI=1S/C13H9BrF6N4O/c1-5(9-22-11(14)24-23-9)21-10(25)6-2-7(12(15,16)17)4-8(3-6)13(18,19)20/h2-5H,1H3,(H,21,25)(H,22,23,24). The Kier molecular flexibility index (Phi) is 5.11. The van der Waals surface area contributed by atoms with Gasteiger partial charge in [-0.05, 0) is 41.1 Å². The van der Waals surface area contributed by atoms with Crippen molar-refractivity contribution in [3.8, 4) is 0 Å². The number of carbonyl (C=O) groups is 1. The predicted octanol–water partition coefficient (Wildman–Crippen LogP) is 4.10. The normalized spacial score (nSPS) is 13.6. The molecule has 2 aromatic rings. The van der Waals surface area contributed by atoms with E-state index in [0.717, 1.165) is 0 Å². The van der Waals surface area contributed by atoms with Crippen LogP contribution in [-0.4, -0.2) is 21.1 Å². The molecular weight excluding hydrogens is 422 g/mol. The highest BCUT2D eigenvalue weighted by atomic mass is 79.9. The van der Waals surface area contributed by atoms with Crippen LogP contribution in [0.3, 0.4) is 0 Å². The first kappa shape index (κ1) is 19.2. The molecule has 1 unspecified atom stereocenters. The molecule has 12 heteroatoms. The molecule has 25 heavy (non-hydrogen) atoms. The third-order valence-corrected chi connectivity index (χ3v) is 3.44. The number of aromatic amines is 1. The molecule has 0 radical (unpaired) electrons. The second-order valence-electron chi connectivity index (χ2n) is 4.98. The molecule has 0 aliphatic carbocycles. The van der Waals surface area contributed by atoms with Crippen LogP contribution in [0.4, 0.5) is 26.3 Å². The van der Waals surface area contributed by atoms with E-state index in [2.05, 4.69) is 36.4 Å². The minimum atomic E-state index is -5.03. The van der Waals surface area contributed by atoms with Crippen LogP contribution in [0.2, 0.25) is 0 Å². The van der Waals surface area contributed by atoms with Gasteiger partial charge in [-0.25, -0.2) is 4.98 Å². The first-order valence-electron chi connectivity index (χ1n) is 6.56. The number of nitrogens with one attached hydrogen (secondary N) is 2. The molecule has 2 rings (SSSR count). The van der Waals surface area contributed by atoms with E-state index in [4.69, 9.17) is 0 Å². The summed E-state index contributed by atoms with van der Waals surface area (Å²) in [5.41, 5.74) is -3.90. The van der Waals surface area contributed by atoms with Crippen molar-refractivity contribution in [3.63, 3.8) is 0 Å². The van der Waals surface area contributed by atoms with Gasteiger partial charge in [-0.15, -0.1) is 5.10 Å². The molecule has 136 valence electrons. The number of hydrogen-bond acceptors (Lipinski definition) is 3. The molecule has 1 aromatic carbocycles. The fraction of sp³-hybridized carbons (Fsp3) is 0.308. The van der Waals surface area contributed by atoms with Gasteiger partial charge in [0.2, 0.25) is 4.73 Å². The summed E-state index contributed by atoms with van der Waals surface area (Å²) in [6.07, 6.45) is -10.1. The zero-order valence-electron chi connectivity index (χ0n) is 12.3. The lowest BCUT2D eigenvalue weighted by atomic mass is 10.0. The highest BCUT2D eigenvalue weighted by Gasteiger charge is 2.37. The molecule has 1 atom stereocenters. The first-order chi connectivity index (χ1) is 11.4. The average molecular weight is 431 g/mol. The fourth-order valence-corrected chi connectivity index (χ4v) is 2.16. The maximum absolute atomic E-state index is 12.8. The largest absolute Gasteiger partial charge is 0.416 e. The predicted molar refractivity (Wildman–Crippen MR) is 76.4 cm³/mol. The van der Waals surface area contributed by atoms with Crippen molar-refractivity contribution < 1.29 is 31.1 Å². The van der Waals surface area contributed by atoms with Crippen molar-refractivity contribution in [3.05, 3.63) is 45.4 Å². The van der Waals surface area contributed by atoms with Gasteiger partial charge >= 0.3 is 12.4 Å². The summed E-state index contributed by atoms with van der Waals surface area (Å²) in [6.45, 7) is 1.43. The lowest BCUT2D eigenvalue weighted by Gasteiger charge is -2.15. The van der Waals surface area contributed by atoms with Gasteiger partial charge in [0.15, 0.2) is 0 Å². The van der Waals surface area contributed by atoms with Crippen molar-refractivity contribution in [1.82, 2.24) is 20.5 Å². The van der Waals surface area contributed by atoms with Crippen LogP contribution in [0.1, 0.15) is 40.3 Å². The quantitative estimate of drug-likeness (QED) is 0.720. The summed E-state index contributed by atoms with van der Waals surface area (Å²) in [6, 6.07) is -0.162. The zero-order valence-corrected chi connectivity index (χ0v) is 13.8. The lowest BCUT2D eigenvalue weighted by molar-refractivity contribution is -0.143. The molecule has 5 nitrogen and oxygen atoms in total.